The minimum Gasteiger partial charge on any atom is -0.0656 e. The summed E-state index contributed by atoms with van der Waals surface area (Å²) >= 11 is 0. The number of hydrogen-bond acceptors (Lipinski definition) is 0. The molecular formula is C29H39BSi2. The third-order valence-electron chi connectivity index (χ3n) is 7.35. The third kappa shape index (κ3) is 3.78. The zero-order chi connectivity index (χ0) is 23.7. The molecule has 0 unspecified atom stereocenters. The zero-order valence-electron chi connectivity index (χ0n) is 22.0. The van der Waals surface area contributed by atoms with Gasteiger partial charge in [-0.05, 0) is 45.7 Å². The number of rotatable bonds is 3. The van der Waals surface area contributed by atoms with E-state index >= 15 is 0 Å². The molecule has 0 spiro atoms. The van der Waals surface area contributed by atoms with E-state index in [9.17, 15) is 0 Å². The molecule has 1 aliphatic heterocycles. The van der Waals surface area contributed by atoms with Crippen molar-refractivity contribution in [2.24, 2.45) is 0 Å². The van der Waals surface area contributed by atoms with Crippen LogP contribution in [0.4, 0.5) is 0 Å². The molecule has 3 aromatic rings. The van der Waals surface area contributed by atoms with Crippen LogP contribution in [0.1, 0.15) is 27.8 Å². The molecular weight excluding hydrogens is 415 g/mol. The second-order valence-electron chi connectivity index (χ2n) is 12.3. The lowest BCUT2D eigenvalue weighted by molar-refractivity contribution is 1.35. The monoisotopic (exact) mass is 454 g/mol. The predicted octanol–water partition coefficient (Wildman–Crippen LogP) is 4.82. The Morgan fingerprint density at radius 1 is 0.500 bits per heavy atom. The van der Waals surface area contributed by atoms with E-state index in [4.69, 9.17) is 0 Å². The maximum absolute atomic E-state index is 2.58. The van der Waals surface area contributed by atoms with Gasteiger partial charge in [-0.15, -0.1) is 0 Å². The van der Waals surface area contributed by atoms with Crippen LogP contribution in [-0.4, -0.2) is 22.9 Å². The maximum Gasteiger partial charge on any atom is 0.243 e. The first-order valence-electron chi connectivity index (χ1n) is 12.1. The lowest BCUT2D eigenvalue weighted by atomic mass is 9.37. The van der Waals surface area contributed by atoms with Gasteiger partial charge >= 0.3 is 0 Å². The molecule has 0 nitrogen and oxygen atoms in total. The minimum atomic E-state index is -1.42. The molecule has 0 saturated carbocycles. The predicted molar refractivity (Wildman–Crippen MR) is 153 cm³/mol. The summed E-state index contributed by atoms with van der Waals surface area (Å²) in [5.41, 5.74) is 14.7. The van der Waals surface area contributed by atoms with Crippen molar-refractivity contribution in [1.82, 2.24) is 0 Å². The minimum absolute atomic E-state index is 0.337. The average molecular weight is 455 g/mol. The van der Waals surface area contributed by atoms with Gasteiger partial charge < -0.3 is 0 Å². The van der Waals surface area contributed by atoms with E-state index in [-0.39, 0.29) is 0 Å². The molecule has 1 heterocycles. The van der Waals surface area contributed by atoms with Crippen LogP contribution in [0.25, 0.3) is 11.1 Å². The lowest BCUT2D eigenvalue weighted by Gasteiger charge is -2.23. The molecule has 4 rings (SSSR count). The summed E-state index contributed by atoms with van der Waals surface area (Å²) in [6.07, 6.45) is 0. The van der Waals surface area contributed by atoms with Crippen molar-refractivity contribution < 1.29 is 0 Å². The van der Waals surface area contributed by atoms with Crippen molar-refractivity contribution in [1.29, 1.82) is 0 Å². The summed E-state index contributed by atoms with van der Waals surface area (Å²) < 4.78 is 0. The molecule has 32 heavy (non-hydrogen) atoms. The summed E-state index contributed by atoms with van der Waals surface area (Å²) in [6, 6.07) is 15.0. The summed E-state index contributed by atoms with van der Waals surface area (Å²) in [7, 11) is -2.85. The summed E-state index contributed by atoms with van der Waals surface area (Å²) in [6.45, 7) is 26.7. The van der Waals surface area contributed by atoms with E-state index in [2.05, 4.69) is 110 Å². The van der Waals surface area contributed by atoms with Gasteiger partial charge in [-0.25, -0.2) is 0 Å². The number of hydrogen-bond donors (Lipinski definition) is 0. The number of aryl methyl sites for hydroxylation is 5. The van der Waals surface area contributed by atoms with E-state index in [1.807, 2.05) is 0 Å². The fourth-order valence-electron chi connectivity index (χ4n) is 6.15. The molecule has 0 aliphatic carbocycles. The van der Waals surface area contributed by atoms with Gasteiger partial charge in [0.25, 0.3) is 0 Å². The molecule has 0 atom stereocenters. The van der Waals surface area contributed by atoms with E-state index in [0.29, 0.717) is 6.71 Å². The molecule has 0 N–H and O–H groups in total. The van der Waals surface area contributed by atoms with Crippen LogP contribution in [0.5, 0.6) is 0 Å². The van der Waals surface area contributed by atoms with Crippen molar-refractivity contribution in [2.45, 2.75) is 73.9 Å². The highest BCUT2D eigenvalue weighted by molar-refractivity contribution is 7.00. The Morgan fingerprint density at radius 3 is 1.22 bits per heavy atom. The normalized spacial score (nSPS) is 13.4. The van der Waals surface area contributed by atoms with Crippen LogP contribution in [-0.2, 0) is 0 Å². The largest absolute Gasteiger partial charge is 0.243 e. The molecule has 0 aromatic heterocycles. The smallest absolute Gasteiger partial charge is 0.0656 e. The summed E-state index contributed by atoms with van der Waals surface area (Å²) in [5.74, 6) is 0. The van der Waals surface area contributed by atoms with E-state index in [1.54, 1.807) is 10.4 Å². The van der Waals surface area contributed by atoms with E-state index in [1.165, 1.54) is 55.3 Å². The van der Waals surface area contributed by atoms with Crippen LogP contribution < -0.4 is 26.8 Å². The summed E-state index contributed by atoms with van der Waals surface area (Å²) in [4.78, 5) is 0. The fraction of sp³-hybridized carbons (Fsp3) is 0.379. The first-order chi connectivity index (χ1) is 14.7. The standard InChI is InChI=1S/C29H39BSi2/c1-18-12-21(4)29(22(5)13-18)30-25-14-19(2)27(31(6,7)8)16-23(25)24-17-28(32(9,10)11)20(3)15-26(24)30/h12-17H,1-11H3. The van der Waals surface area contributed by atoms with Gasteiger partial charge in [-0.1, -0.05) is 130 Å². The van der Waals surface area contributed by atoms with Gasteiger partial charge in [0.1, 0.15) is 0 Å². The third-order valence-corrected chi connectivity index (χ3v) is 11.7. The molecule has 1 aliphatic rings. The van der Waals surface area contributed by atoms with Crippen molar-refractivity contribution in [3.63, 3.8) is 0 Å². The Morgan fingerprint density at radius 2 is 0.875 bits per heavy atom. The van der Waals surface area contributed by atoms with Crippen LogP contribution >= 0.6 is 0 Å². The SMILES string of the molecule is Cc1cc(C)c(B2c3cc(C)c([Si](C)(C)C)cc3-c3cc([Si](C)(C)C)c(C)cc32)c(C)c1. The molecule has 0 radical (unpaired) electrons. The highest BCUT2D eigenvalue weighted by atomic mass is 28.3. The first-order valence-corrected chi connectivity index (χ1v) is 19.1. The van der Waals surface area contributed by atoms with E-state index in [0.717, 1.165) is 0 Å². The average Bonchev–Trinajstić information content (AvgIpc) is 2.90. The molecule has 3 heteroatoms. The quantitative estimate of drug-likeness (QED) is 0.390. The Hall–Kier alpha value is -1.84. The van der Waals surface area contributed by atoms with Gasteiger partial charge in [-0.3, -0.25) is 0 Å². The highest BCUT2D eigenvalue weighted by Crippen LogP contribution is 2.26. The number of benzene rings is 3. The van der Waals surface area contributed by atoms with E-state index < -0.39 is 16.1 Å². The van der Waals surface area contributed by atoms with Gasteiger partial charge in [0, 0.05) is 0 Å². The zero-order valence-corrected chi connectivity index (χ0v) is 24.0. The molecule has 0 bridgehead atoms. The summed E-state index contributed by atoms with van der Waals surface area (Å²) in [5, 5.41) is 3.21. The molecule has 0 fully saturated rings. The maximum atomic E-state index is 2.58. The Balaban J connectivity index is 2.11. The topological polar surface area (TPSA) is 0 Å². The van der Waals surface area contributed by atoms with Crippen LogP contribution in [0, 0.1) is 34.6 Å². The lowest BCUT2D eigenvalue weighted by Crippen LogP contribution is -2.52. The molecule has 0 saturated heterocycles. The van der Waals surface area contributed by atoms with Crippen molar-refractivity contribution in [3.8, 4) is 11.1 Å². The van der Waals surface area contributed by atoms with Crippen molar-refractivity contribution in [3.05, 3.63) is 64.2 Å². The molecule has 3 aromatic carbocycles. The van der Waals surface area contributed by atoms with Crippen LogP contribution in [0.15, 0.2) is 36.4 Å². The fourth-order valence-corrected chi connectivity index (χ4v) is 9.81. The molecule has 0 amide bonds. The molecule has 166 valence electrons. The van der Waals surface area contributed by atoms with Crippen molar-refractivity contribution >= 4 is 49.6 Å². The van der Waals surface area contributed by atoms with Crippen molar-refractivity contribution in [2.75, 3.05) is 0 Å². The van der Waals surface area contributed by atoms with Gasteiger partial charge in [0.05, 0.1) is 16.1 Å². The second-order valence-corrected chi connectivity index (χ2v) is 22.3. The Bertz CT molecular complexity index is 1150. The van der Waals surface area contributed by atoms with Gasteiger partial charge in [-0.2, -0.15) is 0 Å². The van der Waals surface area contributed by atoms with Crippen LogP contribution in [0.2, 0.25) is 39.3 Å². The first kappa shape index (κ1) is 23.3. The Labute approximate surface area is 198 Å². The second kappa shape index (κ2) is 7.60. The van der Waals surface area contributed by atoms with Gasteiger partial charge in [0.15, 0.2) is 0 Å². The Kier molecular flexibility index (Phi) is 5.54. The highest BCUT2D eigenvalue weighted by Gasteiger charge is 2.38. The van der Waals surface area contributed by atoms with Gasteiger partial charge in [0.2, 0.25) is 6.71 Å². The van der Waals surface area contributed by atoms with Crippen LogP contribution in [0.3, 0.4) is 0 Å². The number of fused-ring (bicyclic) bond motifs is 3.